The van der Waals surface area contributed by atoms with Crippen LogP contribution in [-0.4, -0.2) is 62.8 Å². The van der Waals surface area contributed by atoms with E-state index < -0.39 is 42.3 Å². The Morgan fingerprint density at radius 2 is 1.79 bits per heavy atom. The highest BCUT2D eigenvalue weighted by atomic mass is 16.6. The lowest BCUT2D eigenvalue weighted by molar-refractivity contribution is -0.165. The Kier molecular flexibility index (Phi) is 5.40. The second kappa shape index (κ2) is 7.76. The first-order valence-electron chi connectivity index (χ1n) is 8.36. The fourth-order valence-corrected chi connectivity index (χ4v) is 2.92. The average molecular weight is 393 g/mol. The summed E-state index contributed by atoms with van der Waals surface area (Å²) in [6.45, 7) is 3.41. The number of aromatic amines is 1. The van der Waals surface area contributed by atoms with E-state index in [1.54, 1.807) is 0 Å². The predicted molar refractivity (Wildman–Crippen MR) is 91.5 cm³/mol. The average Bonchev–Trinajstić information content (AvgIpc) is 3.18. The first kappa shape index (κ1) is 19.5. The Labute approximate surface area is 158 Å². The normalized spacial score (nSPS) is 24.1. The molecule has 28 heavy (non-hydrogen) atoms. The van der Waals surface area contributed by atoms with E-state index >= 15 is 0 Å². The summed E-state index contributed by atoms with van der Waals surface area (Å²) in [4.78, 5) is 49.7. The van der Waals surface area contributed by atoms with Crippen LogP contribution in [0, 0.1) is 0 Å². The lowest BCUT2D eigenvalue weighted by Gasteiger charge is -2.23. The van der Waals surface area contributed by atoms with Crippen molar-refractivity contribution in [3.8, 4) is 0 Å². The number of fused-ring (bicyclic) bond motifs is 1. The van der Waals surface area contributed by atoms with Crippen molar-refractivity contribution in [2.75, 3.05) is 12.3 Å². The van der Waals surface area contributed by atoms with Crippen LogP contribution >= 0.6 is 0 Å². The molecule has 0 radical (unpaired) electrons. The molecule has 3 heterocycles. The fourth-order valence-electron chi connectivity index (χ4n) is 2.92. The second-order valence-corrected chi connectivity index (χ2v) is 6.11. The van der Waals surface area contributed by atoms with E-state index in [1.165, 1.54) is 27.1 Å². The third-order valence-electron chi connectivity index (χ3n) is 3.95. The molecule has 4 atom stereocenters. The number of aromatic nitrogens is 4. The van der Waals surface area contributed by atoms with Gasteiger partial charge < -0.3 is 29.7 Å². The number of nitrogens with one attached hydrogen (secondary N) is 1. The highest BCUT2D eigenvalue weighted by molar-refractivity contribution is 5.80. The van der Waals surface area contributed by atoms with Gasteiger partial charge in [0.1, 0.15) is 18.2 Å². The van der Waals surface area contributed by atoms with Crippen LogP contribution in [0.15, 0.2) is 6.33 Å². The van der Waals surface area contributed by atoms with E-state index in [2.05, 4.69) is 19.9 Å². The van der Waals surface area contributed by atoms with Crippen molar-refractivity contribution in [3.05, 3.63) is 12.2 Å². The van der Waals surface area contributed by atoms with E-state index in [1.807, 2.05) is 0 Å². The molecule has 3 rings (SSSR count). The Morgan fingerprint density at radius 1 is 1.11 bits per heavy atom. The number of imidazole rings is 1. The minimum absolute atomic E-state index is 0.0887. The smallest absolute Gasteiger partial charge is 0.303 e. The van der Waals surface area contributed by atoms with Crippen molar-refractivity contribution < 1.29 is 33.3 Å². The zero-order chi connectivity index (χ0) is 20.4. The van der Waals surface area contributed by atoms with Crippen molar-refractivity contribution in [1.29, 1.82) is 0 Å². The van der Waals surface area contributed by atoms with Gasteiger partial charge in [-0.05, 0) is 0 Å². The summed E-state index contributed by atoms with van der Waals surface area (Å²) < 4.78 is 21.4. The van der Waals surface area contributed by atoms with Crippen LogP contribution in [0.2, 0.25) is 0 Å². The Balaban J connectivity index is 1.99. The van der Waals surface area contributed by atoms with Gasteiger partial charge >= 0.3 is 17.9 Å². The van der Waals surface area contributed by atoms with Gasteiger partial charge in [0.05, 0.1) is 6.33 Å². The molecular formula is C16H19N5O7. The number of hydrogen-bond donors (Lipinski definition) is 2. The first-order chi connectivity index (χ1) is 13.3. The van der Waals surface area contributed by atoms with E-state index in [0.29, 0.717) is 11.2 Å². The zero-order valence-corrected chi connectivity index (χ0v) is 15.4. The second-order valence-electron chi connectivity index (χ2n) is 6.11. The number of carbonyl (C=O) groups is 3. The highest BCUT2D eigenvalue weighted by Crippen LogP contribution is 2.37. The van der Waals surface area contributed by atoms with Crippen molar-refractivity contribution >= 4 is 34.9 Å². The minimum atomic E-state index is -1.07. The Bertz CT molecular complexity index is 914. The van der Waals surface area contributed by atoms with E-state index in [9.17, 15) is 14.4 Å². The maximum Gasteiger partial charge on any atom is 0.303 e. The Hall–Kier alpha value is -3.28. The Morgan fingerprint density at radius 3 is 2.43 bits per heavy atom. The van der Waals surface area contributed by atoms with Gasteiger partial charge in [0, 0.05) is 20.8 Å². The summed E-state index contributed by atoms with van der Waals surface area (Å²) in [5.41, 5.74) is 6.66. The molecule has 0 spiro atoms. The molecule has 3 N–H and O–H groups in total. The molecule has 0 amide bonds. The summed E-state index contributed by atoms with van der Waals surface area (Å²) in [6.07, 6.45) is -2.62. The molecule has 1 aliphatic rings. The summed E-state index contributed by atoms with van der Waals surface area (Å²) in [7, 11) is 0. The van der Waals surface area contributed by atoms with E-state index in [0.717, 1.165) is 0 Å². The summed E-state index contributed by atoms with van der Waals surface area (Å²) in [5.74, 6) is -1.59. The van der Waals surface area contributed by atoms with Crippen molar-refractivity contribution in [1.82, 2.24) is 19.9 Å². The first-order valence-corrected chi connectivity index (χ1v) is 8.36. The number of nitrogens with two attached hydrogens (primary N) is 1. The molecule has 1 saturated heterocycles. The lowest BCUT2D eigenvalue weighted by Crippen LogP contribution is -2.40. The quantitative estimate of drug-likeness (QED) is 0.509. The van der Waals surface area contributed by atoms with Crippen LogP contribution in [0.4, 0.5) is 5.82 Å². The van der Waals surface area contributed by atoms with Crippen molar-refractivity contribution in [2.24, 2.45) is 0 Å². The molecule has 0 saturated carbocycles. The minimum Gasteiger partial charge on any atom is -0.463 e. The lowest BCUT2D eigenvalue weighted by atomic mass is 10.1. The third kappa shape index (κ3) is 4.01. The molecule has 1 aliphatic heterocycles. The fraction of sp³-hybridized carbons (Fsp3) is 0.500. The molecule has 1 unspecified atom stereocenters. The molecule has 0 bridgehead atoms. The number of hydrogen-bond acceptors (Lipinski definition) is 11. The maximum absolute atomic E-state index is 11.6. The molecule has 0 aromatic carbocycles. The topological polar surface area (TPSA) is 169 Å². The van der Waals surface area contributed by atoms with Crippen LogP contribution in [-0.2, 0) is 33.3 Å². The molecular weight excluding hydrogens is 374 g/mol. The summed E-state index contributed by atoms with van der Waals surface area (Å²) in [6, 6.07) is 0. The third-order valence-corrected chi connectivity index (χ3v) is 3.95. The van der Waals surface area contributed by atoms with Crippen LogP contribution in [0.5, 0.6) is 0 Å². The number of carbonyl (C=O) groups excluding carboxylic acids is 3. The zero-order valence-electron chi connectivity index (χ0n) is 15.4. The van der Waals surface area contributed by atoms with Crippen LogP contribution in [0.25, 0.3) is 11.2 Å². The molecule has 12 nitrogen and oxygen atoms in total. The summed E-state index contributed by atoms with van der Waals surface area (Å²) >= 11 is 0. The molecule has 12 heteroatoms. The van der Waals surface area contributed by atoms with Crippen LogP contribution in [0.3, 0.4) is 0 Å². The number of anilines is 1. The van der Waals surface area contributed by atoms with Gasteiger partial charge in [0.25, 0.3) is 0 Å². The van der Waals surface area contributed by atoms with Gasteiger partial charge in [-0.2, -0.15) is 0 Å². The molecule has 0 aliphatic carbocycles. The van der Waals surface area contributed by atoms with Crippen molar-refractivity contribution in [3.63, 3.8) is 0 Å². The van der Waals surface area contributed by atoms with Gasteiger partial charge in [0.15, 0.2) is 35.6 Å². The standard InChI is InChI=1S/C16H19N5O7/c1-6(22)25-4-9-11(26-7(2)23)12(27-8(3)24)13(28-9)16-20-14(17)10-15(21-16)19-5-18-10/h5,9,11-13H,4H2,1-3H3,(H3,17,18,19,20,21)/t9-,11-,12+,13?/m1/s1. The predicted octanol–water partition coefficient (Wildman–Crippen LogP) is -0.198. The molecule has 150 valence electrons. The van der Waals surface area contributed by atoms with E-state index in [-0.39, 0.29) is 18.2 Å². The molecule has 2 aromatic heterocycles. The van der Waals surface area contributed by atoms with Gasteiger partial charge in [-0.25, -0.2) is 15.0 Å². The van der Waals surface area contributed by atoms with Crippen LogP contribution in [0.1, 0.15) is 32.7 Å². The molecule has 2 aromatic rings. The van der Waals surface area contributed by atoms with Gasteiger partial charge in [-0.15, -0.1) is 0 Å². The number of esters is 3. The highest BCUT2D eigenvalue weighted by Gasteiger charge is 2.51. The number of nitrogens with zero attached hydrogens (tertiary/aromatic N) is 3. The van der Waals surface area contributed by atoms with Crippen LogP contribution < -0.4 is 5.73 Å². The maximum atomic E-state index is 11.6. The van der Waals surface area contributed by atoms with E-state index in [4.69, 9.17) is 24.7 Å². The summed E-state index contributed by atoms with van der Waals surface area (Å²) in [5, 5.41) is 0. The SMILES string of the molecule is CC(=O)OC[C@H]1OC(c2nc(N)c3[nH]cnc3n2)[C@@H](OC(C)=O)[C@@H]1OC(C)=O. The number of rotatable bonds is 5. The number of nitrogen functional groups attached to an aromatic ring is 1. The van der Waals surface area contributed by atoms with Gasteiger partial charge in [0.2, 0.25) is 0 Å². The number of ether oxygens (including phenoxy) is 4. The largest absolute Gasteiger partial charge is 0.463 e. The number of H-pyrrole nitrogens is 1. The van der Waals surface area contributed by atoms with Gasteiger partial charge in [-0.1, -0.05) is 0 Å². The molecule has 1 fully saturated rings. The van der Waals surface area contributed by atoms with Crippen molar-refractivity contribution in [2.45, 2.75) is 45.2 Å². The monoisotopic (exact) mass is 393 g/mol. The van der Waals surface area contributed by atoms with Gasteiger partial charge in [-0.3, -0.25) is 14.4 Å².